The molecule has 44 heavy (non-hydrogen) atoms. The van der Waals surface area contributed by atoms with Crippen LogP contribution >= 0.6 is 0 Å². The first kappa shape index (κ1) is 25.1. The molecule has 8 rings (SSSR count). The standard InChI is InChI=1S/C39H21N5/c1-42-28-15-18-29(19-16-28)43-35-10-4-2-7-32(35)33-20-14-25(22-38(33)43)31-9-6-12-37-39(31)34-8-3-5-11-36(34)44(37)30-17-13-26(23-40)27(21-30)24-41/h2-22H. The fourth-order valence-corrected chi connectivity index (χ4v) is 6.49. The van der Waals surface area contributed by atoms with Crippen molar-refractivity contribution in [2.75, 3.05) is 0 Å². The summed E-state index contributed by atoms with van der Waals surface area (Å²) >= 11 is 0. The molecule has 2 heterocycles. The Morgan fingerprint density at radius 1 is 0.523 bits per heavy atom. The van der Waals surface area contributed by atoms with E-state index in [1.165, 1.54) is 5.39 Å². The Hall–Kier alpha value is -6.61. The number of nitriles is 2. The van der Waals surface area contributed by atoms with Crippen LogP contribution in [0.4, 0.5) is 5.69 Å². The van der Waals surface area contributed by atoms with Gasteiger partial charge in [-0.3, -0.25) is 0 Å². The summed E-state index contributed by atoms with van der Waals surface area (Å²) in [5.74, 6) is 0. The van der Waals surface area contributed by atoms with Gasteiger partial charge in [-0.2, -0.15) is 10.5 Å². The van der Waals surface area contributed by atoms with Gasteiger partial charge in [0.2, 0.25) is 0 Å². The van der Waals surface area contributed by atoms with E-state index < -0.39 is 0 Å². The second kappa shape index (κ2) is 9.74. The summed E-state index contributed by atoms with van der Waals surface area (Å²) in [5.41, 5.74) is 9.62. The second-order valence-electron chi connectivity index (χ2n) is 10.7. The zero-order valence-corrected chi connectivity index (χ0v) is 23.4. The largest absolute Gasteiger partial charge is 0.309 e. The monoisotopic (exact) mass is 559 g/mol. The number of hydrogen-bond donors (Lipinski definition) is 0. The average molecular weight is 560 g/mol. The number of hydrogen-bond acceptors (Lipinski definition) is 2. The summed E-state index contributed by atoms with van der Waals surface area (Å²) in [5, 5.41) is 23.8. The molecule has 0 bridgehead atoms. The number of fused-ring (bicyclic) bond motifs is 6. The summed E-state index contributed by atoms with van der Waals surface area (Å²) in [6.45, 7) is 7.38. The Morgan fingerprint density at radius 2 is 1.16 bits per heavy atom. The van der Waals surface area contributed by atoms with Crippen molar-refractivity contribution in [2.24, 2.45) is 0 Å². The van der Waals surface area contributed by atoms with Crippen LogP contribution in [0.3, 0.4) is 0 Å². The zero-order valence-electron chi connectivity index (χ0n) is 23.4. The van der Waals surface area contributed by atoms with Gasteiger partial charge in [-0.15, -0.1) is 0 Å². The predicted octanol–water partition coefficient (Wildman–Crippen LogP) is 9.84. The maximum Gasteiger partial charge on any atom is 0.187 e. The third-order valence-corrected chi connectivity index (χ3v) is 8.42. The van der Waals surface area contributed by atoms with E-state index in [0.717, 1.165) is 60.7 Å². The fourth-order valence-electron chi connectivity index (χ4n) is 6.49. The van der Waals surface area contributed by atoms with Gasteiger partial charge in [-0.05, 0) is 65.7 Å². The lowest BCUT2D eigenvalue weighted by Gasteiger charge is -2.11. The summed E-state index contributed by atoms with van der Waals surface area (Å²) in [6, 6.07) is 47.2. The van der Waals surface area contributed by atoms with Gasteiger partial charge in [0.1, 0.15) is 12.1 Å². The molecule has 202 valence electrons. The van der Waals surface area contributed by atoms with Crippen LogP contribution in [0.5, 0.6) is 0 Å². The fraction of sp³-hybridized carbons (Fsp3) is 0. The normalized spacial score (nSPS) is 11.1. The molecule has 0 radical (unpaired) electrons. The first-order valence-electron chi connectivity index (χ1n) is 14.2. The SMILES string of the molecule is [C-]#[N+]c1ccc(-n2c3ccccc3c3ccc(-c4cccc5c4c4ccccc4n5-c4ccc(C#N)c(C#N)c4)cc32)cc1. The molecule has 0 aliphatic heterocycles. The van der Waals surface area contributed by atoms with E-state index in [2.05, 4.69) is 105 Å². The van der Waals surface area contributed by atoms with Crippen LogP contribution in [-0.2, 0) is 0 Å². The van der Waals surface area contributed by atoms with E-state index in [1.807, 2.05) is 36.4 Å². The molecule has 0 spiro atoms. The average Bonchev–Trinajstić information content (AvgIpc) is 3.60. The van der Waals surface area contributed by atoms with Crippen LogP contribution in [0.25, 0.3) is 71.0 Å². The highest BCUT2D eigenvalue weighted by molar-refractivity contribution is 6.17. The van der Waals surface area contributed by atoms with E-state index in [-0.39, 0.29) is 0 Å². The predicted molar refractivity (Wildman–Crippen MR) is 176 cm³/mol. The molecule has 5 nitrogen and oxygen atoms in total. The Kier molecular flexibility index (Phi) is 5.56. The van der Waals surface area contributed by atoms with Crippen molar-refractivity contribution >= 4 is 49.3 Å². The molecule has 8 aromatic rings. The molecule has 0 aliphatic carbocycles. The van der Waals surface area contributed by atoms with Gasteiger partial charge in [-0.25, -0.2) is 4.85 Å². The topological polar surface area (TPSA) is 61.8 Å². The minimum Gasteiger partial charge on any atom is -0.309 e. The summed E-state index contributed by atoms with van der Waals surface area (Å²) in [7, 11) is 0. The van der Waals surface area contributed by atoms with Crippen molar-refractivity contribution in [2.45, 2.75) is 0 Å². The van der Waals surface area contributed by atoms with Crippen molar-refractivity contribution in [3.8, 4) is 34.6 Å². The van der Waals surface area contributed by atoms with E-state index in [9.17, 15) is 10.5 Å². The summed E-state index contributed by atoms with van der Waals surface area (Å²) in [6.07, 6.45) is 0. The Morgan fingerprint density at radius 3 is 1.91 bits per heavy atom. The van der Waals surface area contributed by atoms with Gasteiger partial charge in [0.05, 0.1) is 39.8 Å². The molecule has 5 heteroatoms. The molecule has 0 N–H and O–H groups in total. The van der Waals surface area contributed by atoms with Crippen molar-refractivity contribution in [1.82, 2.24) is 9.13 Å². The van der Waals surface area contributed by atoms with Crippen LogP contribution in [-0.4, -0.2) is 9.13 Å². The van der Waals surface area contributed by atoms with E-state index in [1.54, 1.807) is 12.1 Å². The zero-order chi connectivity index (χ0) is 29.8. The Balaban J connectivity index is 1.42. The summed E-state index contributed by atoms with van der Waals surface area (Å²) < 4.78 is 4.44. The molecular formula is C39H21N5. The van der Waals surface area contributed by atoms with Crippen LogP contribution in [0.1, 0.15) is 11.1 Å². The lowest BCUT2D eigenvalue weighted by atomic mass is 9.98. The van der Waals surface area contributed by atoms with Crippen molar-refractivity contribution in [3.63, 3.8) is 0 Å². The molecule has 0 saturated heterocycles. The van der Waals surface area contributed by atoms with Crippen LogP contribution in [0.15, 0.2) is 127 Å². The molecule has 0 aliphatic rings. The van der Waals surface area contributed by atoms with E-state index >= 15 is 0 Å². The van der Waals surface area contributed by atoms with E-state index in [0.29, 0.717) is 16.8 Å². The smallest absolute Gasteiger partial charge is 0.187 e. The molecule has 6 aromatic carbocycles. The van der Waals surface area contributed by atoms with Crippen molar-refractivity contribution < 1.29 is 0 Å². The quantitative estimate of drug-likeness (QED) is 0.202. The van der Waals surface area contributed by atoms with Gasteiger partial charge < -0.3 is 9.13 Å². The van der Waals surface area contributed by atoms with Gasteiger partial charge in [-0.1, -0.05) is 72.8 Å². The molecule has 0 unspecified atom stereocenters. The van der Waals surface area contributed by atoms with Gasteiger partial charge in [0, 0.05) is 32.9 Å². The van der Waals surface area contributed by atoms with Crippen LogP contribution in [0.2, 0.25) is 0 Å². The highest BCUT2D eigenvalue weighted by Crippen LogP contribution is 2.41. The van der Waals surface area contributed by atoms with Crippen molar-refractivity contribution in [3.05, 3.63) is 150 Å². The minimum atomic E-state index is 0.356. The van der Waals surface area contributed by atoms with Crippen LogP contribution in [0, 0.1) is 29.2 Å². The molecule has 0 atom stereocenters. The maximum absolute atomic E-state index is 9.74. The second-order valence-corrected chi connectivity index (χ2v) is 10.7. The lowest BCUT2D eigenvalue weighted by Crippen LogP contribution is -1.96. The third-order valence-electron chi connectivity index (χ3n) is 8.42. The Bertz CT molecular complexity index is 2580. The van der Waals surface area contributed by atoms with Crippen molar-refractivity contribution in [1.29, 1.82) is 10.5 Å². The van der Waals surface area contributed by atoms with E-state index in [4.69, 9.17) is 6.57 Å². The van der Waals surface area contributed by atoms with Gasteiger partial charge in [0.15, 0.2) is 5.69 Å². The molecular weight excluding hydrogens is 538 g/mol. The summed E-state index contributed by atoms with van der Waals surface area (Å²) in [4.78, 5) is 3.58. The molecule has 0 saturated carbocycles. The molecule has 0 amide bonds. The minimum absolute atomic E-state index is 0.356. The number of aromatic nitrogens is 2. The Labute approximate surface area is 253 Å². The number of nitrogens with zero attached hydrogens (tertiary/aromatic N) is 5. The lowest BCUT2D eigenvalue weighted by molar-refractivity contribution is 1.17. The highest BCUT2D eigenvalue weighted by Gasteiger charge is 2.18. The van der Waals surface area contributed by atoms with Crippen LogP contribution < -0.4 is 0 Å². The third kappa shape index (κ3) is 3.63. The molecule has 0 fully saturated rings. The number of para-hydroxylation sites is 2. The molecule has 2 aromatic heterocycles. The first-order valence-corrected chi connectivity index (χ1v) is 14.2. The van der Waals surface area contributed by atoms with Gasteiger partial charge in [0.25, 0.3) is 0 Å². The number of benzene rings is 6. The highest BCUT2D eigenvalue weighted by atomic mass is 15.0. The number of rotatable bonds is 3. The van der Waals surface area contributed by atoms with Gasteiger partial charge >= 0.3 is 0 Å². The first-order chi connectivity index (χ1) is 21.7. The maximum atomic E-state index is 9.74.